The Hall–Kier alpha value is -4.29. The van der Waals surface area contributed by atoms with Gasteiger partial charge in [0.2, 0.25) is 6.04 Å². The number of fused-ring (bicyclic) bond motifs is 1. The topological polar surface area (TPSA) is 169 Å². The third-order valence-electron chi connectivity index (χ3n) is 5.90. The second-order valence-electron chi connectivity index (χ2n) is 8.56. The number of Topliss-reactive ketones (excluding diaryl/α,β-unsaturated/α-hetero) is 1. The first-order valence-corrected chi connectivity index (χ1v) is 11.8. The molecule has 5 N–H and O–H groups in total. The number of hydrogen-bond acceptors (Lipinski definition) is 9. The first kappa shape index (κ1) is 25.8. The number of hydrogen-bond donors (Lipinski definition) is 5. The van der Waals surface area contributed by atoms with E-state index in [2.05, 4.69) is 30.7 Å². The molecule has 12 nitrogen and oxygen atoms in total. The monoisotopic (exact) mass is 508 g/mol. The highest BCUT2D eigenvalue weighted by Crippen LogP contribution is 2.34. The van der Waals surface area contributed by atoms with Crippen LogP contribution in [0.4, 0.5) is 11.4 Å². The largest absolute Gasteiger partial charge is 0.494 e. The molecule has 1 fully saturated rings. The van der Waals surface area contributed by atoms with Gasteiger partial charge in [-0.15, -0.1) is 0 Å². The van der Waals surface area contributed by atoms with Crippen molar-refractivity contribution in [3.8, 4) is 11.8 Å². The van der Waals surface area contributed by atoms with E-state index in [1.165, 1.54) is 25.1 Å². The van der Waals surface area contributed by atoms with Gasteiger partial charge in [0.1, 0.15) is 0 Å². The molecule has 1 aliphatic heterocycles. The highest BCUT2D eigenvalue weighted by Gasteiger charge is 2.23. The molecule has 0 saturated carbocycles. The fourth-order valence-electron chi connectivity index (χ4n) is 3.86. The van der Waals surface area contributed by atoms with E-state index in [0.29, 0.717) is 41.8 Å². The van der Waals surface area contributed by atoms with Crippen molar-refractivity contribution < 1.29 is 29.3 Å². The molecule has 1 saturated heterocycles. The number of rotatable bonds is 9. The van der Waals surface area contributed by atoms with Gasteiger partial charge in [-0.25, -0.2) is 0 Å². The number of carbonyl (C=O) groups excluding carboxylic acids is 3. The van der Waals surface area contributed by atoms with Crippen LogP contribution < -0.4 is 10.6 Å². The molecule has 1 unspecified atom stereocenters. The highest BCUT2D eigenvalue weighted by atomic mass is 16.5. The van der Waals surface area contributed by atoms with Crippen LogP contribution in [0.15, 0.2) is 52.7 Å². The van der Waals surface area contributed by atoms with Crippen LogP contribution in [-0.4, -0.2) is 83.1 Å². The van der Waals surface area contributed by atoms with E-state index >= 15 is 0 Å². The molecule has 12 heteroatoms. The third kappa shape index (κ3) is 6.48. The van der Waals surface area contributed by atoms with Gasteiger partial charge in [0.25, 0.3) is 11.8 Å². The van der Waals surface area contributed by atoms with Gasteiger partial charge in [-0.2, -0.15) is 10.2 Å². The Kier molecular flexibility index (Phi) is 8.11. The Balaban J connectivity index is 1.34. The third-order valence-corrected chi connectivity index (χ3v) is 5.90. The van der Waals surface area contributed by atoms with Crippen LogP contribution in [0.2, 0.25) is 0 Å². The summed E-state index contributed by atoms with van der Waals surface area (Å²) in [7, 11) is 0. The van der Waals surface area contributed by atoms with Gasteiger partial charge in [0.05, 0.1) is 18.9 Å². The number of aromatic nitrogens is 1. The average Bonchev–Trinajstić information content (AvgIpc) is 3.17. The van der Waals surface area contributed by atoms with Gasteiger partial charge in [-0.1, -0.05) is 0 Å². The van der Waals surface area contributed by atoms with Gasteiger partial charge < -0.3 is 25.6 Å². The normalized spacial score (nSPS) is 15.1. The molecule has 1 aromatic heterocycles. The number of amides is 2. The zero-order chi connectivity index (χ0) is 26.4. The maximum Gasteiger partial charge on any atom is 0.258 e. The second kappa shape index (κ2) is 11.6. The van der Waals surface area contributed by atoms with Crippen LogP contribution in [0.1, 0.15) is 17.3 Å². The summed E-state index contributed by atoms with van der Waals surface area (Å²) in [5.41, 5.74) is 1.12. The van der Waals surface area contributed by atoms with Gasteiger partial charge >= 0.3 is 0 Å². The standard InChI is InChI=1S/C25H28N6O6/c1-15(32)21(30-29-18-6-7-19-20(14-18)24(35)28-23(19)34)25(36)27-17-4-2-16(3-5-17)22(33)26-8-9-31-10-12-37-13-11-31/h2-7,14,21,28,34-35H,8-13H2,1H3,(H,26,33)(H,27,36). The molecule has 0 radical (unpaired) electrons. The summed E-state index contributed by atoms with van der Waals surface area (Å²) in [5.74, 6) is -1.84. The minimum atomic E-state index is -1.40. The fourth-order valence-corrected chi connectivity index (χ4v) is 3.86. The summed E-state index contributed by atoms with van der Waals surface area (Å²) in [5, 5.41) is 33.6. The fraction of sp³-hybridized carbons (Fsp3) is 0.320. The van der Waals surface area contributed by atoms with Crippen molar-refractivity contribution in [1.29, 1.82) is 0 Å². The van der Waals surface area contributed by atoms with E-state index in [1.54, 1.807) is 24.3 Å². The highest BCUT2D eigenvalue weighted by molar-refractivity contribution is 6.10. The molecule has 2 amide bonds. The molecule has 0 bridgehead atoms. The van der Waals surface area contributed by atoms with Crippen molar-refractivity contribution in [2.45, 2.75) is 13.0 Å². The van der Waals surface area contributed by atoms with Crippen molar-refractivity contribution in [3.63, 3.8) is 0 Å². The van der Waals surface area contributed by atoms with Crippen molar-refractivity contribution in [3.05, 3.63) is 48.0 Å². The lowest BCUT2D eigenvalue weighted by Gasteiger charge is -2.26. The Morgan fingerprint density at radius 1 is 1.05 bits per heavy atom. The number of carbonyl (C=O) groups is 3. The number of ether oxygens (including phenoxy) is 1. The van der Waals surface area contributed by atoms with E-state index in [-0.39, 0.29) is 23.4 Å². The van der Waals surface area contributed by atoms with Crippen LogP contribution in [0, 0.1) is 0 Å². The molecule has 37 heavy (non-hydrogen) atoms. The van der Waals surface area contributed by atoms with Crippen LogP contribution in [0.3, 0.4) is 0 Å². The van der Waals surface area contributed by atoms with Crippen molar-refractivity contribution in [2.24, 2.45) is 10.2 Å². The van der Waals surface area contributed by atoms with Crippen LogP contribution >= 0.6 is 0 Å². The molecule has 194 valence electrons. The SMILES string of the molecule is CC(=O)C(N=Nc1ccc2c(O)[nH]c(O)c2c1)C(=O)Nc1ccc(C(=O)NCCN2CCOCC2)cc1. The Labute approximate surface area is 212 Å². The lowest BCUT2D eigenvalue weighted by atomic mass is 10.1. The number of ketones is 1. The summed E-state index contributed by atoms with van der Waals surface area (Å²) in [6.45, 7) is 5.58. The van der Waals surface area contributed by atoms with Crippen molar-refractivity contribution in [1.82, 2.24) is 15.2 Å². The summed E-state index contributed by atoms with van der Waals surface area (Å²) < 4.78 is 5.31. The average molecular weight is 509 g/mol. The molecule has 0 spiro atoms. The predicted octanol–water partition coefficient (Wildman–Crippen LogP) is 2.32. The van der Waals surface area contributed by atoms with E-state index < -0.39 is 17.7 Å². The Morgan fingerprint density at radius 2 is 1.76 bits per heavy atom. The van der Waals surface area contributed by atoms with E-state index in [0.717, 1.165) is 19.6 Å². The number of aromatic amines is 1. The maximum atomic E-state index is 12.7. The lowest BCUT2D eigenvalue weighted by molar-refractivity contribution is -0.126. The summed E-state index contributed by atoms with van der Waals surface area (Å²) in [6.07, 6.45) is 0. The minimum Gasteiger partial charge on any atom is -0.494 e. The van der Waals surface area contributed by atoms with Crippen LogP contribution in [0.25, 0.3) is 10.8 Å². The van der Waals surface area contributed by atoms with Gasteiger partial charge in [-0.05, 0) is 49.4 Å². The number of anilines is 1. The lowest BCUT2D eigenvalue weighted by Crippen LogP contribution is -2.41. The Bertz CT molecular complexity index is 1310. The van der Waals surface area contributed by atoms with E-state index in [1.807, 2.05) is 0 Å². The summed E-state index contributed by atoms with van der Waals surface area (Å²) in [4.78, 5) is 41.8. The number of aromatic hydroxyl groups is 2. The molecule has 2 heterocycles. The van der Waals surface area contributed by atoms with E-state index in [9.17, 15) is 24.6 Å². The molecule has 4 rings (SSSR count). The first-order valence-electron chi connectivity index (χ1n) is 11.8. The number of azo groups is 1. The smallest absolute Gasteiger partial charge is 0.258 e. The van der Waals surface area contributed by atoms with Crippen LogP contribution in [-0.2, 0) is 14.3 Å². The van der Waals surface area contributed by atoms with Gasteiger partial charge in [-0.3, -0.25) is 24.3 Å². The molecular weight excluding hydrogens is 480 g/mol. The van der Waals surface area contributed by atoms with Crippen molar-refractivity contribution >= 4 is 39.7 Å². The number of benzene rings is 2. The number of H-pyrrole nitrogens is 1. The first-order chi connectivity index (χ1) is 17.8. The maximum absolute atomic E-state index is 12.7. The predicted molar refractivity (Wildman–Crippen MR) is 135 cm³/mol. The van der Waals surface area contributed by atoms with Crippen LogP contribution in [0.5, 0.6) is 11.8 Å². The summed E-state index contributed by atoms with van der Waals surface area (Å²) in [6, 6.07) is 9.42. The summed E-state index contributed by atoms with van der Waals surface area (Å²) >= 11 is 0. The molecule has 2 aromatic carbocycles. The van der Waals surface area contributed by atoms with Crippen molar-refractivity contribution in [2.75, 3.05) is 44.7 Å². The number of morpholine rings is 1. The molecule has 1 atom stereocenters. The molecule has 0 aliphatic carbocycles. The second-order valence-corrected chi connectivity index (χ2v) is 8.56. The number of nitrogens with zero attached hydrogens (tertiary/aromatic N) is 3. The van der Waals surface area contributed by atoms with E-state index in [4.69, 9.17) is 4.74 Å². The number of nitrogens with one attached hydrogen (secondary N) is 3. The minimum absolute atomic E-state index is 0.187. The molecular formula is C25H28N6O6. The zero-order valence-corrected chi connectivity index (χ0v) is 20.2. The molecule has 3 aromatic rings. The Morgan fingerprint density at radius 3 is 2.46 bits per heavy atom. The van der Waals surface area contributed by atoms with Gasteiger partial charge in [0.15, 0.2) is 17.5 Å². The zero-order valence-electron chi connectivity index (χ0n) is 20.2. The molecule has 1 aliphatic rings. The quantitative estimate of drug-likeness (QED) is 0.218. The van der Waals surface area contributed by atoms with Gasteiger partial charge in [0, 0.05) is 48.2 Å².